The van der Waals surface area contributed by atoms with Gasteiger partial charge in [-0.2, -0.15) is 4.31 Å². The van der Waals surface area contributed by atoms with Gasteiger partial charge in [0.05, 0.1) is 30.8 Å². The van der Waals surface area contributed by atoms with Crippen molar-refractivity contribution in [1.82, 2.24) is 29.4 Å². The number of H-pyrrole nitrogens is 1. The highest BCUT2D eigenvalue weighted by Crippen LogP contribution is 2.33. The fourth-order valence-corrected chi connectivity index (χ4v) is 8.70. The van der Waals surface area contributed by atoms with E-state index in [0.717, 1.165) is 47.3 Å². The summed E-state index contributed by atoms with van der Waals surface area (Å²) in [6.07, 6.45) is 3.39. The van der Waals surface area contributed by atoms with Crippen LogP contribution in [0.5, 0.6) is 0 Å². The van der Waals surface area contributed by atoms with E-state index in [1.54, 1.807) is 15.4 Å². The quantitative estimate of drug-likeness (QED) is 0.152. The van der Waals surface area contributed by atoms with Crippen molar-refractivity contribution in [2.45, 2.75) is 58.7 Å². The van der Waals surface area contributed by atoms with Crippen LogP contribution in [-0.4, -0.2) is 102 Å². The lowest BCUT2D eigenvalue weighted by atomic mass is 10.0. The number of anilines is 1. The third kappa shape index (κ3) is 9.61. The molecule has 13 nitrogen and oxygen atoms in total. The molecule has 3 heterocycles. The second-order valence-corrected chi connectivity index (χ2v) is 16.6. The molecule has 1 aromatic heterocycles. The zero-order valence-electron chi connectivity index (χ0n) is 32.0. The summed E-state index contributed by atoms with van der Waals surface area (Å²) in [7, 11) is -1.88. The molecule has 0 spiro atoms. The molecule has 0 bridgehead atoms. The molecule has 14 heteroatoms. The van der Waals surface area contributed by atoms with Crippen LogP contribution in [0.25, 0.3) is 22.4 Å². The van der Waals surface area contributed by atoms with Crippen LogP contribution in [0, 0.1) is 5.92 Å². The monoisotopic (exact) mass is 769 g/mol. The van der Waals surface area contributed by atoms with E-state index in [1.807, 2.05) is 93.6 Å². The van der Waals surface area contributed by atoms with E-state index in [2.05, 4.69) is 25.5 Å². The van der Waals surface area contributed by atoms with E-state index < -0.39 is 22.2 Å². The number of rotatable bonds is 13. The number of sulfonamides is 1. The standard InChI is InChI=1S/C41H51N7O6S/c1-5-25-55(52,53)47-23-21-46(22-24-47)27-29-8-18-34(19-9-29)43-39(49)33-16-12-31(13-17-33)30-10-14-32(15-11-30)35-26-42-38(44-35)36-7-6-20-48(36)40(50)37(28(2)3)45-41(51)54-4/h8-19,26,28,36-37H,5-7,20-25,27H2,1-4H3,(H,42,44)(H,43,49)(H,45,51)/t36-,37+/m0/s1. The molecule has 55 heavy (non-hydrogen) atoms. The summed E-state index contributed by atoms with van der Waals surface area (Å²) < 4.78 is 31.1. The molecular formula is C41H51N7O6S. The maximum absolute atomic E-state index is 13.5. The molecule has 3 N–H and O–H groups in total. The SMILES string of the molecule is CCCS(=O)(=O)N1CCN(Cc2ccc(NC(=O)c3ccc(-c4ccc(-c5cnc([C@@H]6CCCN6C(=O)[C@H](NC(=O)OC)C(C)C)[nH]5)cc4)cc3)cc2)CC1. The molecule has 2 fully saturated rings. The third-order valence-electron chi connectivity index (χ3n) is 10.3. The Morgan fingerprint density at radius 3 is 2.15 bits per heavy atom. The molecule has 0 radical (unpaired) electrons. The van der Waals surface area contributed by atoms with Crippen LogP contribution >= 0.6 is 0 Å². The molecule has 0 unspecified atom stereocenters. The summed E-state index contributed by atoms with van der Waals surface area (Å²) in [5, 5.41) is 5.67. The van der Waals surface area contributed by atoms with Gasteiger partial charge in [-0.15, -0.1) is 0 Å². The highest BCUT2D eigenvalue weighted by Gasteiger charge is 2.37. The van der Waals surface area contributed by atoms with Crippen molar-refractivity contribution in [2.24, 2.45) is 5.92 Å². The fourth-order valence-electron chi connectivity index (χ4n) is 7.21. The number of alkyl carbamates (subject to hydrolysis) is 1. The van der Waals surface area contributed by atoms with Crippen LogP contribution in [0.15, 0.2) is 79.0 Å². The second-order valence-electron chi connectivity index (χ2n) is 14.5. The number of imidazole rings is 1. The summed E-state index contributed by atoms with van der Waals surface area (Å²) >= 11 is 0. The van der Waals surface area contributed by atoms with Gasteiger partial charge in [0, 0.05) is 50.5 Å². The summed E-state index contributed by atoms with van der Waals surface area (Å²) in [6.45, 7) is 9.39. The van der Waals surface area contributed by atoms with Crippen molar-refractivity contribution in [3.05, 3.63) is 95.9 Å². The minimum Gasteiger partial charge on any atom is -0.453 e. The van der Waals surface area contributed by atoms with Gasteiger partial charge in [-0.05, 0) is 71.7 Å². The Bertz CT molecular complexity index is 2040. The van der Waals surface area contributed by atoms with E-state index in [0.29, 0.717) is 56.2 Å². The van der Waals surface area contributed by atoms with Gasteiger partial charge < -0.3 is 25.3 Å². The highest BCUT2D eigenvalue weighted by atomic mass is 32.2. The zero-order valence-corrected chi connectivity index (χ0v) is 32.8. The van der Waals surface area contributed by atoms with Crippen LogP contribution in [0.1, 0.15) is 67.8 Å². The average molecular weight is 770 g/mol. The molecule has 0 saturated carbocycles. The fraction of sp³-hybridized carbons (Fsp3) is 0.415. The maximum Gasteiger partial charge on any atom is 0.407 e. The summed E-state index contributed by atoms with van der Waals surface area (Å²) in [6, 6.07) is 22.4. The Morgan fingerprint density at radius 1 is 0.891 bits per heavy atom. The van der Waals surface area contributed by atoms with E-state index in [4.69, 9.17) is 4.74 Å². The van der Waals surface area contributed by atoms with Gasteiger partial charge in [-0.3, -0.25) is 14.5 Å². The zero-order chi connectivity index (χ0) is 39.1. The number of amides is 3. The summed E-state index contributed by atoms with van der Waals surface area (Å²) in [5.41, 5.74) is 6.12. The second kappa shape index (κ2) is 17.6. The normalized spacial score (nSPS) is 17.3. The molecule has 2 saturated heterocycles. The van der Waals surface area contributed by atoms with E-state index in [1.165, 1.54) is 7.11 Å². The number of methoxy groups -OCH3 is 1. The lowest BCUT2D eigenvalue weighted by Gasteiger charge is -2.34. The first-order valence-corrected chi connectivity index (χ1v) is 20.6. The van der Waals surface area contributed by atoms with Crippen LogP contribution in [-0.2, 0) is 26.1 Å². The van der Waals surface area contributed by atoms with Crippen molar-refractivity contribution in [2.75, 3.05) is 50.9 Å². The molecule has 3 amide bonds. The van der Waals surface area contributed by atoms with Crippen LogP contribution < -0.4 is 10.6 Å². The Hall–Kier alpha value is -5.05. The number of piperazine rings is 1. The summed E-state index contributed by atoms with van der Waals surface area (Å²) in [5.74, 6) is 0.454. The number of aromatic amines is 1. The summed E-state index contributed by atoms with van der Waals surface area (Å²) in [4.78, 5) is 50.6. The highest BCUT2D eigenvalue weighted by molar-refractivity contribution is 7.89. The van der Waals surface area contributed by atoms with E-state index >= 15 is 0 Å². The lowest BCUT2D eigenvalue weighted by molar-refractivity contribution is -0.135. The van der Waals surface area contributed by atoms with Gasteiger partial charge in [0.25, 0.3) is 5.91 Å². The maximum atomic E-state index is 13.5. The lowest BCUT2D eigenvalue weighted by Crippen LogP contribution is -2.51. The minimum absolute atomic E-state index is 0.108. The van der Waals surface area contributed by atoms with Gasteiger partial charge in [0.2, 0.25) is 15.9 Å². The number of carbonyl (C=O) groups is 3. The van der Waals surface area contributed by atoms with E-state index in [9.17, 15) is 22.8 Å². The smallest absolute Gasteiger partial charge is 0.407 e. The Morgan fingerprint density at radius 2 is 1.53 bits per heavy atom. The molecule has 3 aromatic carbocycles. The van der Waals surface area contributed by atoms with Crippen LogP contribution in [0.3, 0.4) is 0 Å². The number of ether oxygens (including phenoxy) is 1. The number of hydrogen-bond donors (Lipinski definition) is 3. The van der Waals surface area contributed by atoms with Crippen LogP contribution in [0.2, 0.25) is 0 Å². The molecule has 2 aliphatic rings. The van der Waals surface area contributed by atoms with Crippen molar-refractivity contribution in [3.8, 4) is 22.4 Å². The van der Waals surface area contributed by atoms with Crippen molar-refractivity contribution in [1.29, 1.82) is 0 Å². The largest absolute Gasteiger partial charge is 0.453 e. The average Bonchev–Trinajstić information content (AvgIpc) is 3.88. The molecule has 292 valence electrons. The third-order valence-corrected chi connectivity index (χ3v) is 12.4. The van der Waals surface area contributed by atoms with Gasteiger partial charge in [-0.25, -0.2) is 18.2 Å². The Balaban J connectivity index is 1.02. The molecule has 6 rings (SSSR count). The van der Waals surface area contributed by atoms with Gasteiger partial charge in [0.15, 0.2) is 0 Å². The minimum atomic E-state index is -3.16. The van der Waals surface area contributed by atoms with E-state index in [-0.39, 0.29) is 29.5 Å². The predicted octanol–water partition coefficient (Wildman–Crippen LogP) is 5.90. The number of benzene rings is 3. The van der Waals surface area contributed by atoms with Crippen molar-refractivity contribution < 1.29 is 27.5 Å². The molecular weight excluding hydrogens is 719 g/mol. The first-order chi connectivity index (χ1) is 26.4. The molecule has 2 atom stereocenters. The molecule has 2 aliphatic heterocycles. The van der Waals surface area contributed by atoms with Crippen molar-refractivity contribution >= 4 is 33.6 Å². The number of nitrogens with one attached hydrogen (secondary N) is 3. The van der Waals surface area contributed by atoms with Gasteiger partial charge in [0.1, 0.15) is 11.9 Å². The predicted molar refractivity (Wildman–Crippen MR) is 213 cm³/mol. The van der Waals surface area contributed by atoms with Gasteiger partial charge >= 0.3 is 6.09 Å². The number of nitrogens with zero attached hydrogens (tertiary/aromatic N) is 4. The molecule has 4 aromatic rings. The number of likely N-dealkylation sites (tertiary alicyclic amines) is 1. The first kappa shape index (κ1) is 39.6. The molecule has 0 aliphatic carbocycles. The van der Waals surface area contributed by atoms with Crippen molar-refractivity contribution in [3.63, 3.8) is 0 Å². The Kier molecular flexibility index (Phi) is 12.7. The van der Waals surface area contributed by atoms with Crippen LogP contribution in [0.4, 0.5) is 10.5 Å². The topological polar surface area (TPSA) is 157 Å². The first-order valence-electron chi connectivity index (χ1n) is 19.0. The number of hydrogen-bond acceptors (Lipinski definition) is 8. The Labute approximate surface area is 323 Å². The number of carbonyl (C=O) groups excluding carboxylic acids is 3. The van der Waals surface area contributed by atoms with Gasteiger partial charge in [-0.1, -0.05) is 69.3 Å². The number of aromatic nitrogens is 2.